The SMILES string of the molecule is CCC(CN)C(=O)NC(C)c1nnc2ccccn12. The molecule has 0 bridgehead atoms. The largest absolute Gasteiger partial charge is 0.346 e. The molecule has 2 atom stereocenters. The molecule has 102 valence electrons. The lowest BCUT2D eigenvalue weighted by molar-refractivity contribution is -0.125. The van der Waals surface area contributed by atoms with Gasteiger partial charge in [0.1, 0.15) is 0 Å². The van der Waals surface area contributed by atoms with Gasteiger partial charge in [-0.2, -0.15) is 0 Å². The highest BCUT2D eigenvalue weighted by atomic mass is 16.2. The van der Waals surface area contributed by atoms with Crippen LogP contribution in [0.1, 0.15) is 32.1 Å². The minimum atomic E-state index is -0.203. The molecular formula is C13H19N5O. The average Bonchev–Trinajstić information content (AvgIpc) is 2.84. The summed E-state index contributed by atoms with van der Waals surface area (Å²) in [5.74, 6) is 0.530. The van der Waals surface area contributed by atoms with Crippen molar-refractivity contribution in [2.24, 2.45) is 11.7 Å². The third-order valence-corrected chi connectivity index (χ3v) is 3.23. The van der Waals surface area contributed by atoms with Gasteiger partial charge in [0.05, 0.1) is 6.04 Å². The maximum Gasteiger partial charge on any atom is 0.224 e. The highest BCUT2D eigenvalue weighted by Gasteiger charge is 2.20. The van der Waals surface area contributed by atoms with Crippen molar-refractivity contribution in [3.05, 3.63) is 30.2 Å². The van der Waals surface area contributed by atoms with Crippen LogP contribution in [0.25, 0.3) is 5.65 Å². The van der Waals surface area contributed by atoms with Gasteiger partial charge >= 0.3 is 0 Å². The molecule has 0 aliphatic carbocycles. The molecule has 0 aliphatic rings. The van der Waals surface area contributed by atoms with Crippen LogP contribution in [-0.2, 0) is 4.79 Å². The predicted molar refractivity (Wildman–Crippen MR) is 72.4 cm³/mol. The van der Waals surface area contributed by atoms with Crippen molar-refractivity contribution in [3.63, 3.8) is 0 Å². The van der Waals surface area contributed by atoms with E-state index < -0.39 is 0 Å². The van der Waals surface area contributed by atoms with E-state index in [9.17, 15) is 4.79 Å². The smallest absolute Gasteiger partial charge is 0.224 e. The lowest BCUT2D eigenvalue weighted by Gasteiger charge is -2.17. The Hall–Kier alpha value is -1.95. The van der Waals surface area contributed by atoms with Crippen LogP contribution in [0.15, 0.2) is 24.4 Å². The van der Waals surface area contributed by atoms with Gasteiger partial charge in [0.25, 0.3) is 0 Å². The summed E-state index contributed by atoms with van der Waals surface area (Å²) >= 11 is 0. The highest BCUT2D eigenvalue weighted by Crippen LogP contribution is 2.13. The van der Waals surface area contributed by atoms with E-state index in [2.05, 4.69) is 15.5 Å². The van der Waals surface area contributed by atoms with E-state index in [1.807, 2.05) is 42.6 Å². The summed E-state index contributed by atoms with van der Waals surface area (Å²) in [4.78, 5) is 12.0. The molecule has 0 radical (unpaired) electrons. The monoisotopic (exact) mass is 261 g/mol. The third kappa shape index (κ3) is 2.73. The number of hydrogen-bond acceptors (Lipinski definition) is 4. The molecular weight excluding hydrogens is 242 g/mol. The molecule has 2 heterocycles. The first-order valence-electron chi connectivity index (χ1n) is 6.47. The van der Waals surface area contributed by atoms with E-state index in [-0.39, 0.29) is 17.9 Å². The Labute approximate surface area is 112 Å². The van der Waals surface area contributed by atoms with Crippen LogP contribution < -0.4 is 11.1 Å². The van der Waals surface area contributed by atoms with Crippen molar-refractivity contribution in [1.29, 1.82) is 0 Å². The van der Waals surface area contributed by atoms with Gasteiger partial charge < -0.3 is 11.1 Å². The van der Waals surface area contributed by atoms with Crippen LogP contribution in [0, 0.1) is 5.92 Å². The second kappa shape index (κ2) is 5.79. The molecule has 0 saturated heterocycles. The first-order valence-corrected chi connectivity index (χ1v) is 6.47. The van der Waals surface area contributed by atoms with Gasteiger partial charge in [-0.05, 0) is 25.5 Å². The van der Waals surface area contributed by atoms with E-state index in [1.54, 1.807) is 0 Å². The van der Waals surface area contributed by atoms with Crippen molar-refractivity contribution in [3.8, 4) is 0 Å². The third-order valence-electron chi connectivity index (χ3n) is 3.23. The van der Waals surface area contributed by atoms with Gasteiger partial charge in [-0.3, -0.25) is 9.20 Å². The molecule has 3 N–H and O–H groups in total. The molecule has 2 aromatic rings. The zero-order valence-corrected chi connectivity index (χ0v) is 11.2. The number of nitrogens with zero attached hydrogens (tertiary/aromatic N) is 3. The van der Waals surface area contributed by atoms with Gasteiger partial charge in [0.15, 0.2) is 11.5 Å². The number of carbonyl (C=O) groups excluding carboxylic acids is 1. The van der Waals surface area contributed by atoms with Gasteiger partial charge in [-0.1, -0.05) is 13.0 Å². The number of rotatable bonds is 5. The second-order valence-corrected chi connectivity index (χ2v) is 4.56. The second-order valence-electron chi connectivity index (χ2n) is 4.56. The van der Waals surface area contributed by atoms with Crippen LogP contribution in [0.4, 0.5) is 0 Å². The first kappa shape index (κ1) is 13.5. The van der Waals surface area contributed by atoms with Gasteiger partial charge in [-0.15, -0.1) is 10.2 Å². The number of carbonyl (C=O) groups is 1. The summed E-state index contributed by atoms with van der Waals surface area (Å²) in [5.41, 5.74) is 6.34. The van der Waals surface area contributed by atoms with Crippen molar-refractivity contribution in [2.75, 3.05) is 6.54 Å². The lowest BCUT2D eigenvalue weighted by atomic mass is 10.1. The van der Waals surface area contributed by atoms with E-state index in [0.29, 0.717) is 6.54 Å². The Morgan fingerprint density at radius 3 is 2.95 bits per heavy atom. The van der Waals surface area contributed by atoms with Crippen LogP contribution in [0.3, 0.4) is 0 Å². The molecule has 19 heavy (non-hydrogen) atoms. The molecule has 0 fully saturated rings. The normalized spacial score (nSPS) is 14.3. The summed E-state index contributed by atoms with van der Waals surface area (Å²) in [5, 5.41) is 11.1. The molecule has 1 amide bonds. The molecule has 0 aliphatic heterocycles. The summed E-state index contributed by atoms with van der Waals surface area (Å²) in [6, 6.07) is 5.48. The predicted octanol–water partition coefficient (Wildman–Crippen LogP) is 0.891. The van der Waals surface area contributed by atoms with E-state index in [0.717, 1.165) is 17.9 Å². The van der Waals surface area contributed by atoms with Crippen molar-refractivity contribution in [1.82, 2.24) is 19.9 Å². The molecule has 0 aromatic carbocycles. The molecule has 0 saturated carbocycles. The molecule has 2 aromatic heterocycles. The Morgan fingerprint density at radius 2 is 2.26 bits per heavy atom. The number of nitrogens with two attached hydrogens (primary N) is 1. The molecule has 2 rings (SSSR count). The van der Waals surface area contributed by atoms with Gasteiger partial charge in [0, 0.05) is 18.7 Å². The first-order chi connectivity index (χ1) is 9.17. The van der Waals surface area contributed by atoms with Crippen molar-refractivity contribution >= 4 is 11.6 Å². The fourth-order valence-corrected chi connectivity index (χ4v) is 2.01. The Balaban J connectivity index is 2.16. The van der Waals surface area contributed by atoms with E-state index in [1.165, 1.54) is 0 Å². The van der Waals surface area contributed by atoms with Crippen molar-refractivity contribution in [2.45, 2.75) is 26.3 Å². The molecule has 2 unspecified atom stereocenters. The number of pyridine rings is 1. The Bertz CT molecular complexity index is 561. The van der Waals surface area contributed by atoms with Crippen molar-refractivity contribution < 1.29 is 4.79 Å². The standard InChI is InChI=1S/C13H19N5O/c1-3-10(8-14)13(19)15-9(2)12-17-16-11-6-4-5-7-18(11)12/h4-7,9-10H,3,8,14H2,1-2H3,(H,15,19). The summed E-state index contributed by atoms with van der Waals surface area (Å²) in [6.45, 7) is 4.20. The quantitative estimate of drug-likeness (QED) is 0.837. The average molecular weight is 261 g/mol. The van der Waals surface area contributed by atoms with Crippen LogP contribution in [-0.4, -0.2) is 27.0 Å². The zero-order chi connectivity index (χ0) is 13.8. The highest BCUT2D eigenvalue weighted by molar-refractivity contribution is 5.79. The Morgan fingerprint density at radius 1 is 1.47 bits per heavy atom. The topological polar surface area (TPSA) is 85.3 Å². The molecule has 6 nitrogen and oxygen atoms in total. The zero-order valence-electron chi connectivity index (χ0n) is 11.2. The number of hydrogen-bond donors (Lipinski definition) is 2. The number of aromatic nitrogens is 3. The number of amides is 1. The van der Waals surface area contributed by atoms with Gasteiger partial charge in [0.2, 0.25) is 5.91 Å². The summed E-state index contributed by atoms with van der Waals surface area (Å²) in [7, 11) is 0. The van der Waals surface area contributed by atoms with Gasteiger partial charge in [-0.25, -0.2) is 0 Å². The summed E-state index contributed by atoms with van der Waals surface area (Å²) in [6.07, 6.45) is 2.61. The van der Waals surface area contributed by atoms with E-state index in [4.69, 9.17) is 5.73 Å². The fourth-order valence-electron chi connectivity index (χ4n) is 2.01. The Kier molecular flexibility index (Phi) is 4.11. The maximum absolute atomic E-state index is 12.0. The number of nitrogens with one attached hydrogen (secondary N) is 1. The lowest BCUT2D eigenvalue weighted by Crippen LogP contribution is -2.36. The molecule has 0 spiro atoms. The van der Waals surface area contributed by atoms with Crippen LogP contribution in [0.2, 0.25) is 0 Å². The maximum atomic E-state index is 12.0. The molecule has 6 heteroatoms. The van der Waals surface area contributed by atoms with Crippen LogP contribution >= 0.6 is 0 Å². The summed E-state index contributed by atoms with van der Waals surface area (Å²) < 4.78 is 1.87. The van der Waals surface area contributed by atoms with Crippen LogP contribution in [0.5, 0.6) is 0 Å². The fraction of sp³-hybridized carbons (Fsp3) is 0.462. The minimum Gasteiger partial charge on any atom is -0.346 e. The van der Waals surface area contributed by atoms with E-state index >= 15 is 0 Å². The number of fused-ring (bicyclic) bond motifs is 1. The minimum absolute atomic E-state index is 0.0369.